The van der Waals surface area contributed by atoms with E-state index < -0.39 is 0 Å². The van der Waals surface area contributed by atoms with Gasteiger partial charge in [-0.15, -0.1) is 0 Å². The minimum absolute atomic E-state index is 0. The van der Waals surface area contributed by atoms with Gasteiger partial charge in [-0.2, -0.15) is 0 Å². The van der Waals surface area contributed by atoms with Gasteiger partial charge in [0.05, 0.1) is 10.9 Å². The average molecular weight is 413 g/mol. The molecule has 0 aromatic heterocycles. The molecule has 3 rings (SSSR count). The van der Waals surface area contributed by atoms with Crippen molar-refractivity contribution in [1.29, 1.82) is 0 Å². The molecular formula is C18H20F6PS. The third-order valence-corrected chi connectivity index (χ3v) is 5.17. The van der Waals surface area contributed by atoms with Gasteiger partial charge in [-0.1, -0.05) is 54.6 Å². The van der Waals surface area contributed by atoms with E-state index in [1.807, 2.05) is 0 Å². The molecule has 0 nitrogen and oxygen atoms in total. The maximum atomic E-state index is 2.21. The van der Waals surface area contributed by atoms with Crippen LogP contribution < -0.4 is 4.70 Å². The van der Waals surface area contributed by atoms with E-state index in [4.69, 9.17) is 0 Å². The van der Waals surface area contributed by atoms with Crippen molar-refractivity contribution in [1.82, 2.24) is 0 Å². The molecule has 0 aliphatic carbocycles. The van der Waals surface area contributed by atoms with E-state index in [1.54, 1.807) is 0 Å². The summed E-state index contributed by atoms with van der Waals surface area (Å²) in [6, 6.07) is 32.2. The molecule has 0 fully saturated rings. The van der Waals surface area contributed by atoms with Gasteiger partial charge in [0.2, 0.25) is 0 Å². The fourth-order valence-corrected chi connectivity index (χ4v) is 4.18. The Morgan fingerprint density at radius 3 is 0.769 bits per heavy atom. The highest BCUT2D eigenvalue weighted by molar-refractivity contribution is 7.97. The Hall–Kier alpha value is -1.98. The number of hydrogen-bond acceptors (Lipinski definition) is 0. The molecule has 0 N–H and O–H groups in total. The Balaban J connectivity index is -0.000000210. The predicted molar refractivity (Wildman–Crippen MR) is 101 cm³/mol. The molecule has 26 heavy (non-hydrogen) atoms. The Morgan fingerprint density at radius 1 is 0.385 bits per heavy atom. The zero-order valence-electron chi connectivity index (χ0n) is 13.4. The summed E-state index contributed by atoms with van der Waals surface area (Å²) in [5, 5.41) is 0. The van der Waals surface area contributed by atoms with Gasteiger partial charge in [0, 0.05) is 9.90 Å². The molecule has 0 heterocycles. The van der Waals surface area contributed by atoms with Gasteiger partial charge in [-0.25, -0.2) is 0 Å². The molecule has 0 saturated carbocycles. The van der Waals surface area contributed by atoms with Crippen molar-refractivity contribution in [2.45, 2.75) is 14.7 Å². The van der Waals surface area contributed by atoms with Crippen LogP contribution in [0.25, 0.3) is 0 Å². The van der Waals surface area contributed by atoms with E-state index in [2.05, 4.69) is 91.0 Å². The van der Waals surface area contributed by atoms with Crippen molar-refractivity contribution >= 4 is 20.8 Å². The molecular weight excluding hydrogens is 393 g/mol. The first-order chi connectivity index (χ1) is 9.45. The molecule has 0 amide bonds. The first-order valence-electron chi connectivity index (χ1n) is 6.34. The SMILES string of the molecule is F.F.F.F.F.[F-].[P].c1ccc([S+](c2ccccc2)c2ccccc2)cc1. The number of hydrogen-bond donors (Lipinski definition) is 0. The van der Waals surface area contributed by atoms with E-state index in [0.29, 0.717) is 0 Å². The predicted octanol–water partition coefficient (Wildman–Crippen LogP) is 3.41. The Morgan fingerprint density at radius 2 is 0.577 bits per heavy atom. The average Bonchev–Trinajstić information content (AvgIpc) is 2.51. The summed E-state index contributed by atoms with van der Waals surface area (Å²) in [4.78, 5) is 4.08. The summed E-state index contributed by atoms with van der Waals surface area (Å²) < 4.78 is 0. The second-order valence-electron chi connectivity index (χ2n) is 4.25. The van der Waals surface area contributed by atoms with E-state index in [1.165, 1.54) is 14.7 Å². The summed E-state index contributed by atoms with van der Waals surface area (Å²) in [6.07, 6.45) is 0. The normalized spacial score (nSPS) is 7.73. The van der Waals surface area contributed by atoms with Gasteiger partial charge >= 0.3 is 0 Å². The van der Waals surface area contributed by atoms with Crippen molar-refractivity contribution in [2.24, 2.45) is 0 Å². The third kappa shape index (κ3) is 8.41. The Labute approximate surface area is 155 Å². The smallest absolute Gasteiger partial charge is 0.166 e. The van der Waals surface area contributed by atoms with Crippen molar-refractivity contribution < 1.29 is 28.2 Å². The second-order valence-corrected chi connectivity index (χ2v) is 6.27. The van der Waals surface area contributed by atoms with Gasteiger partial charge in [0.15, 0.2) is 14.7 Å². The summed E-state index contributed by atoms with van der Waals surface area (Å²) in [6.45, 7) is 0. The van der Waals surface area contributed by atoms with E-state index >= 15 is 0 Å². The van der Waals surface area contributed by atoms with Gasteiger partial charge < -0.3 is 4.70 Å². The van der Waals surface area contributed by atoms with Crippen molar-refractivity contribution in [3.63, 3.8) is 0 Å². The summed E-state index contributed by atoms with van der Waals surface area (Å²) in [5.41, 5.74) is 0. The van der Waals surface area contributed by atoms with Crippen LogP contribution in [0.2, 0.25) is 0 Å². The maximum Gasteiger partial charge on any atom is 0.166 e. The van der Waals surface area contributed by atoms with Crippen LogP contribution in [0.5, 0.6) is 0 Å². The molecule has 8 heteroatoms. The molecule has 0 aliphatic heterocycles. The molecule has 0 saturated heterocycles. The fraction of sp³-hybridized carbons (Fsp3) is 0. The largest absolute Gasteiger partial charge is 1.00 e. The molecule has 0 unspecified atom stereocenters. The topological polar surface area (TPSA) is 0 Å². The van der Waals surface area contributed by atoms with Crippen molar-refractivity contribution in [3.8, 4) is 0 Å². The maximum absolute atomic E-state index is 2.21. The van der Waals surface area contributed by atoms with Crippen LogP contribution in [0.1, 0.15) is 0 Å². The first-order valence-corrected chi connectivity index (χ1v) is 7.57. The van der Waals surface area contributed by atoms with Crippen LogP contribution in [-0.2, 0) is 10.9 Å². The van der Waals surface area contributed by atoms with Crippen molar-refractivity contribution in [3.05, 3.63) is 91.0 Å². The van der Waals surface area contributed by atoms with Crippen molar-refractivity contribution in [2.75, 3.05) is 0 Å². The van der Waals surface area contributed by atoms with Crippen LogP contribution >= 0.6 is 9.90 Å². The molecule has 0 atom stereocenters. The molecule has 0 bridgehead atoms. The number of halogens is 6. The third-order valence-electron chi connectivity index (χ3n) is 2.94. The minimum atomic E-state index is -0.0146. The van der Waals surface area contributed by atoms with Gasteiger partial charge in [0.1, 0.15) is 0 Å². The first kappa shape index (κ1) is 35.2. The van der Waals surface area contributed by atoms with E-state index in [-0.39, 0.29) is 49.0 Å². The molecule has 145 valence electrons. The second kappa shape index (κ2) is 17.8. The number of benzene rings is 3. The van der Waals surface area contributed by atoms with E-state index in [0.717, 1.165) is 0 Å². The lowest BCUT2D eigenvalue weighted by Gasteiger charge is -2.07. The lowest BCUT2D eigenvalue weighted by molar-refractivity contribution is -0.00000832. The molecule has 3 radical (unpaired) electrons. The summed E-state index contributed by atoms with van der Waals surface area (Å²) in [7, 11) is -0.0146. The highest BCUT2D eigenvalue weighted by Crippen LogP contribution is 2.30. The molecule has 3 aromatic carbocycles. The molecule has 0 aliphatic rings. The number of rotatable bonds is 3. The van der Waals surface area contributed by atoms with Gasteiger partial charge in [0.25, 0.3) is 0 Å². The van der Waals surface area contributed by atoms with Crippen LogP contribution in [0, 0.1) is 0 Å². The Bertz CT molecular complexity index is 550. The van der Waals surface area contributed by atoms with Gasteiger partial charge in [-0.3, -0.25) is 23.5 Å². The molecule has 0 spiro atoms. The minimum Gasteiger partial charge on any atom is -1.00 e. The van der Waals surface area contributed by atoms with Crippen LogP contribution in [0.4, 0.5) is 23.5 Å². The lowest BCUT2D eigenvalue weighted by Crippen LogP contribution is -3.00. The summed E-state index contributed by atoms with van der Waals surface area (Å²) >= 11 is 0. The molecule has 3 aromatic rings. The van der Waals surface area contributed by atoms with Gasteiger partial charge in [-0.05, 0) is 36.4 Å². The van der Waals surface area contributed by atoms with Crippen LogP contribution in [0.15, 0.2) is 106 Å². The summed E-state index contributed by atoms with van der Waals surface area (Å²) in [5.74, 6) is 0. The monoisotopic (exact) mass is 413 g/mol. The van der Waals surface area contributed by atoms with Crippen LogP contribution in [0.3, 0.4) is 0 Å². The van der Waals surface area contributed by atoms with E-state index in [9.17, 15) is 0 Å². The zero-order valence-corrected chi connectivity index (χ0v) is 15.1. The lowest BCUT2D eigenvalue weighted by atomic mass is 10.4. The Kier molecular flexibility index (Phi) is 24.1. The highest BCUT2D eigenvalue weighted by Gasteiger charge is 2.27. The quantitative estimate of drug-likeness (QED) is 0.351. The highest BCUT2D eigenvalue weighted by atomic mass is 32.2. The van der Waals surface area contributed by atoms with Crippen LogP contribution in [-0.4, -0.2) is 0 Å². The zero-order chi connectivity index (χ0) is 12.9. The fourth-order valence-electron chi connectivity index (χ4n) is 2.08. The standard InChI is InChI=1S/C18H15S.6FH.P/c1-4-10-16(11-5-1)19(17-12-6-2-7-13-17)18-14-8-3-9-15-18;;;;;;;/h1-15H;6*1H;/q+1;;;;;;;/p-1.